The van der Waals surface area contributed by atoms with E-state index in [9.17, 15) is 0 Å². The summed E-state index contributed by atoms with van der Waals surface area (Å²) in [6.07, 6.45) is 4.65. The summed E-state index contributed by atoms with van der Waals surface area (Å²) in [4.78, 5) is 3.67. The van der Waals surface area contributed by atoms with Crippen LogP contribution in [0, 0.1) is 0 Å². The van der Waals surface area contributed by atoms with Gasteiger partial charge in [-0.3, -0.25) is 0 Å². The van der Waals surface area contributed by atoms with Gasteiger partial charge in [0.15, 0.2) is 0 Å². The van der Waals surface area contributed by atoms with Crippen molar-refractivity contribution in [2.75, 3.05) is 0 Å². The Morgan fingerprint density at radius 1 is 0.700 bits per heavy atom. The average Bonchev–Trinajstić information content (AvgIpc) is 2.68. The maximum absolute atomic E-state index is 6.29. The Morgan fingerprint density at radius 3 is 1.73 bits per heavy atom. The molecule has 6 heteroatoms. The van der Waals surface area contributed by atoms with Crippen LogP contribution in [0.25, 0.3) is 0 Å². The van der Waals surface area contributed by atoms with Crippen LogP contribution >= 0.6 is 70.1 Å². The van der Waals surface area contributed by atoms with Crippen molar-refractivity contribution in [2.45, 2.75) is 49.7 Å². The molecule has 3 aromatic carbocycles. The highest BCUT2D eigenvalue weighted by atomic mass is 35.5. The maximum Gasteiger partial charge on any atom is 0.0715 e. The first kappa shape index (κ1) is 22.8. The Labute approximate surface area is 206 Å². The smallest absolute Gasteiger partial charge is 0.0715 e. The summed E-state index contributed by atoms with van der Waals surface area (Å²) in [5, 5.41) is 2.89. The lowest BCUT2D eigenvalue weighted by Gasteiger charge is -2.40. The van der Waals surface area contributed by atoms with E-state index >= 15 is 0 Å². The molecule has 1 saturated carbocycles. The predicted octanol–water partition coefficient (Wildman–Crippen LogP) is 9.96. The molecular weight excluding hydrogens is 491 g/mol. The number of benzene rings is 3. The molecule has 156 valence electrons. The first-order valence-electron chi connectivity index (χ1n) is 9.81. The highest BCUT2D eigenvalue weighted by molar-refractivity contribution is 8.18. The van der Waals surface area contributed by atoms with Crippen molar-refractivity contribution in [1.29, 1.82) is 0 Å². The molecule has 1 fully saturated rings. The largest absolute Gasteiger partial charge is 0.123 e. The van der Waals surface area contributed by atoms with Crippen LogP contribution < -0.4 is 0 Å². The second-order valence-electron chi connectivity index (χ2n) is 7.32. The maximum atomic E-state index is 6.29. The summed E-state index contributed by atoms with van der Waals surface area (Å²) in [5.41, 5.74) is 0. The Bertz CT molecular complexity index is 961. The third-order valence-corrected chi connectivity index (χ3v) is 9.85. The molecule has 3 aromatic rings. The van der Waals surface area contributed by atoms with Crippen LogP contribution in [-0.2, 0) is 0 Å². The van der Waals surface area contributed by atoms with E-state index < -0.39 is 0 Å². The van der Waals surface area contributed by atoms with Gasteiger partial charge in [0.1, 0.15) is 0 Å². The first-order valence-corrected chi connectivity index (χ1v) is 13.5. The fourth-order valence-corrected chi connectivity index (χ4v) is 9.38. The fraction of sp³-hybridized carbons (Fsp3) is 0.250. The van der Waals surface area contributed by atoms with Gasteiger partial charge in [0.2, 0.25) is 0 Å². The van der Waals surface area contributed by atoms with Crippen molar-refractivity contribution in [3.63, 3.8) is 0 Å². The molecule has 0 bridgehead atoms. The van der Waals surface area contributed by atoms with E-state index in [1.807, 2.05) is 71.7 Å². The molecule has 0 saturated heterocycles. The van der Waals surface area contributed by atoms with Crippen LogP contribution in [-0.4, -0.2) is 9.33 Å². The summed E-state index contributed by atoms with van der Waals surface area (Å²) in [5.74, 6) is 0. The van der Waals surface area contributed by atoms with Gasteiger partial charge >= 0.3 is 0 Å². The van der Waals surface area contributed by atoms with Crippen LogP contribution in [0.2, 0.25) is 15.1 Å². The number of halogens is 3. The van der Waals surface area contributed by atoms with E-state index in [0.717, 1.165) is 27.9 Å². The summed E-state index contributed by atoms with van der Waals surface area (Å²) in [7, 11) is 0. The Hall–Kier alpha value is -0.420. The van der Waals surface area contributed by atoms with Gasteiger partial charge in [-0.15, -0.1) is 35.3 Å². The van der Waals surface area contributed by atoms with Gasteiger partial charge in [-0.1, -0.05) is 59.4 Å². The second kappa shape index (κ2) is 10.5. The standard InChI is InChI=1S/C24H21Cl3S3/c25-17-5-1-8-20(13-17)28-23-11-4-12-24(16-23,29-21-9-2-6-18(26)14-21)30-22-10-3-7-19(27)15-22/h1-3,5-10,13-15,23H,4,11-12,16H2. The van der Waals surface area contributed by atoms with Crippen LogP contribution in [0.15, 0.2) is 87.5 Å². The van der Waals surface area contributed by atoms with E-state index in [1.165, 1.54) is 27.5 Å². The SMILES string of the molecule is Clc1cccc(SC2CCCC(Sc3cccc(Cl)c3)(Sc3cccc(Cl)c3)C2)c1. The zero-order chi connectivity index (χ0) is 21.0. The fourth-order valence-electron chi connectivity index (χ4n) is 3.68. The molecular formula is C24H21Cl3S3. The van der Waals surface area contributed by atoms with Crippen molar-refractivity contribution in [1.82, 2.24) is 0 Å². The summed E-state index contributed by atoms with van der Waals surface area (Å²) in [6, 6.07) is 24.6. The molecule has 0 N–H and O–H groups in total. The highest BCUT2D eigenvalue weighted by Crippen LogP contribution is 2.56. The van der Waals surface area contributed by atoms with E-state index in [4.69, 9.17) is 34.8 Å². The molecule has 1 unspecified atom stereocenters. The number of hydrogen-bond acceptors (Lipinski definition) is 3. The minimum Gasteiger partial charge on any atom is -0.123 e. The number of thioether (sulfide) groups is 3. The van der Waals surface area contributed by atoms with Gasteiger partial charge in [-0.25, -0.2) is 0 Å². The van der Waals surface area contributed by atoms with E-state index in [-0.39, 0.29) is 4.08 Å². The third kappa shape index (κ3) is 6.31. The Morgan fingerprint density at radius 2 is 1.20 bits per heavy atom. The summed E-state index contributed by atoms with van der Waals surface area (Å²) in [6.45, 7) is 0. The van der Waals surface area contributed by atoms with Gasteiger partial charge in [-0.05, 0) is 73.9 Å². The Kier molecular flexibility index (Phi) is 7.94. The number of hydrogen-bond donors (Lipinski definition) is 0. The lowest BCUT2D eigenvalue weighted by Crippen LogP contribution is -2.30. The minimum atomic E-state index is 0.0316. The van der Waals surface area contributed by atoms with E-state index in [0.29, 0.717) is 5.25 Å². The highest BCUT2D eigenvalue weighted by Gasteiger charge is 2.39. The van der Waals surface area contributed by atoms with E-state index in [1.54, 1.807) is 0 Å². The molecule has 30 heavy (non-hydrogen) atoms. The van der Waals surface area contributed by atoms with Crippen LogP contribution in [0.1, 0.15) is 25.7 Å². The van der Waals surface area contributed by atoms with E-state index in [2.05, 4.69) is 36.4 Å². The normalized spacial score (nSPS) is 18.3. The van der Waals surface area contributed by atoms with Gasteiger partial charge in [-0.2, -0.15) is 0 Å². The zero-order valence-electron chi connectivity index (χ0n) is 16.2. The van der Waals surface area contributed by atoms with Gasteiger partial charge < -0.3 is 0 Å². The summed E-state index contributed by atoms with van der Waals surface area (Å²) < 4.78 is 0.0316. The predicted molar refractivity (Wildman–Crippen MR) is 137 cm³/mol. The number of rotatable bonds is 6. The molecule has 4 rings (SSSR count). The quantitative estimate of drug-likeness (QED) is 0.302. The zero-order valence-corrected chi connectivity index (χ0v) is 20.9. The van der Waals surface area contributed by atoms with Crippen LogP contribution in [0.4, 0.5) is 0 Å². The van der Waals surface area contributed by atoms with Crippen molar-refractivity contribution >= 4 is 70.1 Å². The molecule has 0 heterocycles. The van der Waals surface area contributed by atoms with Crippen molar-refractivity contribution in [3.8, 4) is 0 Å². The van der Waals surface area contributed by atoms with Crippen molar-refractivity contribution in [3.05, 3.63) is 87.9 Å². The molecule has 0 amide bonds. The van der Waals surface area contributed by atoms with Gasteiger partial charge in [0, 0.05) is 35.0 Å². The van der Waals surface area contributed by atoms with Crippen LogP contribution in [0.5, 0.6) is 0 Å². The molecule has 0 spiro atoms. The van der Waals surface area contributed by atoms with Crippen LogP contribution in [0.3, 0.4) is 0 Å². The monoisotopic (exact) mass is 510 g/mol. The molecule has 0 aliphatic heterocycles. The third-order valence-electron chi connectivity index (χ3n) is 4.92. The molecule has 1 aliphatic carbocycles. The molecule has 0 aromatic heterocycles. The molecule has 0 radical (unpaired) electrons. The second-order valence-corrected chi connectivity index (χ2v) is 13.2. The van der Waals surface area contributed by atoms with Gasteiger partial charge in [0.05, 0.1) is 4.08 Å². The van der Waals surface area contributed by atoms with Crippen molar-refractivity contribution in [2.24, 2.45) is 0 Å². The van der Waals surface area contributed by atoms with Gasteiger partial charge in [0.25, 0.3) is 0 Å². The summed E-state index contributed by atoms with van der Waals surface area (Å²) >= 11 is 24.6. The van der Waals surface area contributed by atoms with Crippen molar-refractivity contribution < 1.29 is 0 Å². The average molecular weight is 512 g/mol. The lowest BCUT2D eigenvalue weighted by atomic mass is 9.99. The first-order chi connectivity index (χ1) is 14.5. The topological polar surface area (TPSA) is 0 Å². The minimum absolute atomic E-state index is 0.0316. The lowest BCUT2D eigenvalue weighted by molar-refractivity contribution is 0.502. The molecule has 1 atom stereocenters. The Balaban J connectivity index is 1.60. The molecule has 0 nitrogen and oxygen atoms in total. The molecule has 1 aliphatic rings.